The first-order chi connectivity index (χ1) is 12.1. The fourth-order valence-electron chi connectivity index (χ4n) is 2.88. The minimum Gasteiger partial charge on any atom is -0.357 e. The molecule has 0 aromatic heterocycles. The number of nitrogens with one attached hydrogen (secondary N) is 2. The molecule has 1 aromatic rings. The Bertz CT molecular complexity index is 591. The maximum atomic E-state index is 11.6. The van der Waals surface area contributed by atoms with Gasteiger partial charge in [0.1, 0.15) is 6.54 Å². The van der Waals surface area contributed by atoms with Crippen LogP contribution in [0.5, 0.6) is 0 Å². The zero-order valence-corrected chi connectivity index (χ0v) is 18.5. The Kier molecular flexibility index (Phi) is 10.6. The van der Waals surface area contributed by atoms with Crippen LogP contribution < -0.4 is 10.6 Å². The number of fused-ring (bicyclic) bond motifs is 1. The van der Waals surface area contributed by atoms with Crippen LogP contribution in [-0.4, -0.2) is 68.5 Å². The predicted octanol–water partition coefficient (Wildman–Crippen LogP) is 1.70. The van der Waals surface area contributed by atoms with Crippen LogP contribution >= 0.6 is 24.0 Å². The van der Waals surface area contributed by atoms with Crippen molar-refractivity contribution in [2.45, 2.75) is 26.3 Å². The topological polar surface area (TPSA) is 60.0 Å². The highest BCUT2D eigenvalue weighted by Gasteiger charge is 2.14. The number of amides is 1. The molecule has 0 saturated carbocycles. The SMILES string of the molecule is CCNC(=NCC(=O)N(C)C)NCCCN1CCc2ccccc2C1.I. The number of guanidine groups is 1. The minimum absolute atomic E-state index is 0. The molecule has 1 aromatic carbocycles. The van der Waals surface area contributed by atoms with Gasteiger partial charge < -0.3 is 15.5 Å². The predicted molar refractivity (Wildman–Crippen MR) is 118 cm³/mol. The molecule has 0 unspecified atom stereocenters. The molecule has 0 saturated heterocycles. The molecule has 0 atom stereocenters. The Labute approximate surface area is 174 Å². The van der Waals surface area contributed by atoms with Crippen molar-refractivity contribution in [1.29, 1.82) is 0 Å². The van der Waals surface area contributed by atoms with Gasteiger partial charge in [-0.3, -0.25) is 9.69 Å². The summed E-state index contributed by atoms with van der Waals surface area (Å²) in [7, 11) is 3.49. The van der Waals surface area contributed by atoms with Crippen molar-refractivity contribution in [3.8, 4) is 0 Å². The lowest BCUT2D eigenvalue weighted by atomic mass is 10.00. The van der Waals surface area contributed by atoms with Crippen molar-refractivity contribution in [3.05, 3.63) is 35.4 Å². The van der Waals surface area contributed by atoms with Gasteiger partial charge in [0, 0.05) is 46.8 Å². The summed E-state index contributed by atoms with van der Waals surface area (Å²) < 4.78 is 0. The molecule has 146 valence electrons. The van der Waals surface area contributed by atoms with E-state index in [1.807, 2.05) is 6.92 Å². The summed E-state index contributed by atoms with van der Waals surface area (Å²) in [5.41, 5.74) is 2.95. The molecule has 6 nitrogen and oxygen atoms in total. The van der Waals surface area contributed by atoms with Gasteiger partial charge in [0.2, 0.25) is 5.91 Å². The second kappa shape index (κ2) is 12.1. The van der Waals surface area contributed by atoms with Crippen LogP contribution in [0.15, 0.2) is 29.3 Å². The zero-order chi connectivity index (χ0) is 18.1. The van der Waals surface area contributed by atoms with E-state index < -0.39 is 0 Å². The van der Waals surface area contributed by atoms with E-state index in [0.29, 0.717) is 5.96 Å². The lowest BCUT2D eigenvalue weighted by Gasteiger charge is -2.28. The van der Waals surface area contributed by atoms with E-state index in [0.717, 1.165) is 45.6 Å². The first kappa shape index (κ1) is 22.7. The number of rotatable bonds is 7. The molecule has 1 aliphatic heterocycles. The quantitative estimate of drug-likeness (QED) is 0.274. The third-order valence-electron chi connectivity index (χ3n) is 4.37. The van der Waals surface area contributed by atoms with Gasteiger partial charge >= 0.3 is 0 Å². The fourth-order valence-corrected chi connectivity index (χ4v) is 2.88. The van der Waals surface area contributed by atoms with Crippen molar-refractivity contribution >= 4 is 35.8 Å². The molecule has 2 N–H and O–H groups in total. The molecule has 2 rings (SSSR count). The maximum Gasteiger partial charge on any atom is 0.243 e. The summed E-state index contributed by atoms with van der Waals surface area (Å²) in [5, 5.41) is 6.50. The summed E-state index contributed by atoms with van der Waals surface area (Å²) in [4.78, 5) is 20.0. The largest absolute Gasteiger partial charge is 0.357 e. The number of carbonyl (C=O) groups excluding carboxylic acids is 1. The monoisotopic (exact) mass is 473 g/mol. The third-order valence-corrected chi connectivity index (χ3v) is 4.37. The van der Waals surface area contributed by atoms with Gasteiger partial charge in [-0.1, -0.05) is 24.3 Å². The Hall–Kier alpha value is -1.35. The second-order valence-electron chi connectivity index (χ2n) is 6.56. The minimum atomic E-state index is 0. The smallest absolute Gasteiger partial charge is 0.243 e. The normalized spacial score (nSPS) is 14.2. The molecular weight excluding hydrogens is 441 g/mol. The molecule has 1 amide bonds. The highest BCUT2D eigenvalue weighted by atomic mass is 127. The van der Waals surface area contributed by atoms with Gasteiger partial charge in [-0.2, -0.15) is 0 Å². The zero-order valence-electron chi connectivity index (χ0n) is 16.1. The van der Waals surface area contributed by atoms with E-state index in [1.165, 1.54) is 11.1 Å². The average molecular weight is 473 g/mol. The lowest BCUT2D eigenvalue weighted by Crippen LogP contribution is -2.40. The molecule has 1 heterocycles. The summed E-state index contributed by atoms with van der Waals surface area (Å²) in [6.07, 6.45) is 2.19. The lowest BCUT2D eigenvalue weighted by molar-refractivity contribution is -0.127. The summed E-state index contributed by atoms with van der Waals surface area (Å²) >= 11 is 0. The van der Waals surface area contributed by atoms with Crippen molar-refractivity contribution in [3.63, 3.8) is 0 Å². The summed E-state index contributed by atoms with van der Waals surface area (Å²) in [6.45, 7) is 7.06. The Morgan fingerprint density at radius 2 is 1.96 bits per heavy atom. The van der Waals surface area contributed by atoms with Crippen LogP contribution in [0, 0.1) is 0 Å². The third kappa shape index (κ3) is 7.49. The molecule has 0 aliphatic carbocycles. The Morgan fingerprint density at radius 3 is 2.65 bits per heavy atom. The van der Waals surface area contributed by atoms with Crippen molar-refractivity contribution in [1.82, 2.24) is 20.4 Å². The van der Waals surface area contributed by atoms with Gasteiger partial charge in [0.25, 0.3) is 0 Å². The molecule has 1 aliphatic rings. The number of likely N-dealkylation sites (N-methyl/N-ethyl adjacent to an activating group) is 1. The van der Waals surface area contributed by atoms with Gasteiger partial charge in [0.05, 0.1) is 0 Å². The van der Waals surface area contributed by atoms with Crippen molar-refractivity contribution in [2.75, 3.05) is 46.8 Å². The standard InChI is InChI=1S/C19H31N5O.HI/c1-4-20-19(22-14-18(25)23(2)3)21-11-7-12-24-13-10-16-8-5-6-9-17(16)15-24;/h5-6,8-9H,4,7,10-15H2,1-3H3,(H2,20,21,22);1H. The van der Waals surface area contributed by atoms with E-state index in [2.05, 4.69) is 44.8 Å². The van der Waals surface area contributed by atoms with Gasteiger partial charge in [-0.25, -0.2) is 4.99 Å². The molecule has 7 heteroatoms. The Balaban J connectivity index is 0.00000338. The highest BCUT2D eigenvalue weighted by molar-refractivity contribution is 14.0. The number of hydrogen-bond donors (Lipinski definition) is 2. The summed E-state index contributed by atoms with van der Waals surface area (Å²) in [6, 6.07) is 8.72. The van der Waals surface area contributed by atoms with E-state index >= 15 is 0 Å². The number of halogens is 1. The highest BCUT2D eigenvalue weighted by Crippen LogP contribution is 2.18. The van der Waals surface area contributed by atoms with Gasteiger partial charge in [-0.05, 0) is 30.9 Å². The molecule has 26 heavy (non-hydrogen) atoms. The molecule has 0 spiro atoms. The van der Waals surface area contributed by atoms with Crippen LogP contribution in [-0.2, 0) is 17.8 Å². The fraction of sp³-hybridized carbons (Fsp3) is 0.579. The van der Waals surface area contributed by atoms with Crippen molar-refractivity contribution < 1.29 is 4.79 Å². The van der Waals surface area contributed by atoms with Crippen LogP contribution in [0.2, 0.25) is 0 Å². The van der Waals surface area contributed by atoms with E-state index in [1.54, 1.807) is 19.0 Å². The van der Waals surface area contributed by atoms with Gasteiger partial charge in [0.15, 0.2) is 5.96 Å². The van der Waals surface area contributed by atoms with Crippen LogP contribution in [0.1, 0.15) is 24.5 Å². The van der Waals surface area contributed by atoms with E-state index in [9.17, 15) is 4.79 Å². The molecular formula is C19H32IN5O. The molecule has 0 radical (unpaired) electrons. The first-order valence-corrected chi connectivity index (χ1v) is 9.11. The number of carbonyl (C=O) groups is 1. The van der Waals surface area contributed by atoms with E-state index in [-0.39, 0.29) is 36.4 Å². The number of benzene rings is 1. The molecule has 0 bridgehead atoms. The Morgan fingerprint density at radius 1 is 1.23 bits per heavy atom. The van der Waals surface area contributed by atoms with E-state index in [4.69, 9.17) is 0 Å². The molecule has 0 fully saturated rings. The van der Waals surface area contributed by atoms with Gasteiger partial charge in [-0.15, -0.1) is 24.0 Å². The summed E-state index contributed by atoms with van der Waals surface area (Å²) in [5.74, 6) is 0.714. The second-order valence-corrected chi connectivity index (χ2v) is 6.56. The van der Waals surface area contributed by atoms with Crippen LogP contribution in [0.25, 0.3) is 0 Å². The number of nitrogens with zero attached hydrogens (tertiary/aromatic N) is 3. The number of hydrogen-bond acceptors (Lipinski definition) is 3. The maximum absolute atomic E-state index is 11.6. The van der Waals surface area contributed by atoms with Crippen LogP contribution in [0.3, 0.4) is 0 Å². The van der Waals surface area contributed by atoms with Crippen LogP contribution in [0.4, 0.5) is 0 Å². The first-order valence-electron chi connectivity index (χ1n) is 9.11. The number of aliphatic imine (C=N–C) groups is 1. The van der Waals surface area contributed by atoms with Crippen molar-refractivity contribution in [2.24, 2.45) is 4.99 Å². The average Bonchev–Trinajstić information content (AvgIpc) is 2.62.